The van der Waals surface area contributed by atoms with Crippen molar-refractivity contribution in [3.63, 3.8) is 0 Å². The zero-order chi connectivity index (χ0) is 13.8. The van der Waals surface area contributed by atoms with E-state index >= 15 is 0 Å². The number of rotatable bonds is 5. The standard InChI is InChI=1S/C12H13F3O3/c1-17-9-5-8(6-10(7-9)18-2)11(16)3-4-12(13,14)15/h5-7H,3-4H2,1-2H3. The third-order valence-electron chi connectivity index (χ3n) is 2.31. The molecule has 0 amide bonds. The molecule has 0 saturated carbocycles. The van der Waals surface area contributed by atoms with Crippen molar-refractivity contribution in [3.05, 3.63) is 23.8 Å². The van der Waals surface area contributed by atoms with E-state index in [1.807, 2.05) is 0 Å². The Kier molecular flexibility index (Phi) is 4.58. The summed E-state index contributed by atoms with van der Waals surface area (Å²) in [7, 11) is 2.80. The largest absolute Gasteiger partial charge is 0.497 e. The van der Waals surface area contributed by atoms with Crippen molar-refractivity contribution in [3.8, 4) is 11.5 Å². The SMILES string of the molecule is COc1cc(OC)cc(C(=O)CCC(F)(F)F)c1. The van der Waals surface area contributed by atoms with Crippen LogP contribution in [-0.4, -0.2) is 26.2 Å². The summed E-state index contributed by atoms with van der Waals surface area (Å²) in [5.74, 6) is 0.138. The summed E-state index contributed by atoms with van der Waals surface area (Å²) in [6.45, 7) is 0. The number of Topliss-reactive ketones (excluding diaryl/α,β-unsaturated/α-hetero) is 1. The van der Waals surface area contributed by atoms with Gasteiger partial charge in [-0.25, -0.2) is 0 Å². The maximum Gasteiger partial charge on any atom is 0.389 e. The summed E-state index contributed by atoms with van der Waals surface area (Å²) in [4.78, 5) is 11.6. The predicted octanol–water partition coefficient (Wildman–Crippen LogP) is 3.23. The summed E-state index contributed by atoms with van der Waals surface area (Å²) < 4.78 is 45.9. The lowest BCUT2D eigenvalue weighted by atomic mass is 10.1. The molecule has 0 aromatic heterocycles. The van der Waals surface area contributed by atoms with Gasteiger partial charge >= 0.3 is 6.18 Å². The average Bonchev–Trinajstić information content (AvgIpc) is 2.34. The van der Waals surface area contributed by atoms with Crippen LogP contribution in [0.15, 0.2) is 18.2 Å². The molecule has 100 valence electrons. The Morgan fingerprint density at radius 2 is 1.61 bits per heavy atom. The van der Waals surface area contributed by atoms with Gasteiger partial charge in [-0.05, 0) is 12.1 Å². The highest BCUT2D eigenvalue weighted by atomic mass is 19.4. The summed E-state index contributed by atoms with van der Waals surface area (Å²) >= 11 is 0. The molecule has 0 N–H and O–H groups in total. The van der Waals surface area contributed by atoms with E-state index in [2.05, 4.69) is 0 Å². The normalized spacial score (nSPS) is 11.2. The first kappa shape index (κ1) is 14.3. The van der Waals surface area contributed by atoms with Gasteiger partial charge in [0.2, 0.25) is 0 Å². The number of hydrogen-bond donors (Lipinski definition) is 0. The lowest BCUT2D eigenvalue weighted by Crippen LogP contribution is -2.11. The second-order valence-electron chi connectivity index (χ2n) is 3.64. The van der Waals surface area contributed by atoms with E-state index in [0.717, 1.165) is 0 Å². The van der Waals surface area contributed by atoms with E-state index in [1.165, 1.54) is 26.4 Å². The molecule has 0 heterocycles. The molecule has 6 heteroatoms. The first-order valence-corrected chi connectivity index (χ1v) is 5.18. The molecule has 0 atom stereocenters. The van der Waals surface area contributed by atoms with Crippen molar-refractivity contribution in [1.29, 1.82) is 0 Å². The fraction of sp³-hybridized carbons (Fsp3) is 0.417. The van der Waals surface area contributed by atoms with Crippen LogP contribution in [0.1, 0.15) is 23.2 Å². The Morgan fingerprint density at radius 3 is 2.00 bits per heavy atom. The van der Waals surface area contributed by atoms with Crippen LogP contribution in [0.3, 0.4) is 0 Å². The van der Waals surface area contributed by atoms with E-state index in [0.29, 0.717) is 11.5 Å². The van der Waals surface area contributed by atoms with Crippen LogP contribution in [0, 0.1) is 0 Å². The molecular weight excluding hydrogens is 249 g/mol. The number of carbonyl (C=O) groups excluding carboxylic acids is 1. The molecule has 1 aromatic carbocycles. The molecule has 3 nitrogen and oxygen atoms in total. The fourth-order valence-electron chi connectivity index (χ4n) is 1.37. The van der Waals surface area contributed by atoms with Crippen LogP contribution in [-0.2, 0) is 0 Å². The van der Waals surface area contributed by atoms with E-state index in [9.17, 15) is 18.0 Å². The number of methoxy groups -OCH3 is 2. The van der Waals surface area contributed by atoms with E-state index in [4.69, 9.17) is 9.47 Å². The molecule has 0 aliphatic heterocycles. The van der Waals surface area contributed by atoms with Gasteiger partial charge in [0.25, 0.3) is 0 Å². The fourth-order valence-corrected chi connectivity index (χ4v) is 1.37. The minimum absolute atomic E-state index is 0.149. The molecule has 1 rings (SSSR count). The zero-order valence-corrected chi connectivity index (χ0v) is 10.0. The third kappa shape index (κ3) is 4.27. The summed E-state index contributed by atoms with van der Waals surface area (Å²) in [6.07, 6.45) is -6.05. The number of halogens is 3. The van der Waals surface area contributed by atoms with Gasteiger partial charge in [0, 0.05) is 18.1 Å². The van der Waals surface area contributed by atoms with Crippen molar-refractivity contribution in [2.24, 2.45) is 0 Å². The molecule has 0 radical (unpaired) electrons. The minimum Gasteiger partial charge on any atom is -0.497 e. The number of ether oxygens (including phenoxy) is 2. The number of alkyl halides is 3. The van der Waals surface area contributed by atoms with E-state index in [1.54, 1.807) is 6.07 Å². The molecule has 18 heavy (non-hydrogen) atoms. The second-order valence-corrected chi connectivity index (χ2v) is 3.64. The molecule has 0 unspecified atom stereocenters. The van der Waals surface area contributed by atoms with Gasteiger partial charge in [0.05, 0.1) is 20.6 Å². The van der Waals surface area contributed by atoms with Crippen molar-refractivity contribution >= 4 is 5.78 Å². The van der Waals surface area contributed by atoms with Crippen LogP contribution >= 0.6 is 0 Å². The van der Waals surface area contributed by atoms with E-state index < -0.39 is 24.8 Å². The molecule has 0 bridgehead atoms. The van der Waals surface area contributed by atoms with Crippen molar-refractivity contribution in [2.75, 3.05) is 14.2 Å². The van der Waals surface area contributed by atoms with Gasteiger partial charge in [0.1, 0.15) is 11.5 Å². The van der Waals surface area contributed by atoms with Gasteiger partial charge < -0.3 is 9.47 Å². The van der Waals surface area contributed by atoms with Gasteiger partial charge in [-0.3, -0.25) is 4.79 Å². The minimum atomic E-state index is -4.33. The number of benzene rings is 1. The monoisotopic (exact) mass is 262 g/mol. The van der Waals surface area contributed by atoms with Crippen LogP contribution in [0.5, 0.6) is 11.5 Å². The molecular formula is C12H13F3O3. The number of ketones is 1. The second kappa shape index (κ2) is 5.75. The first-order chi connectivity index (χ1) is 8.35. The quantitative estimate of drug-likeness (QED) is 0.764. The maximum absolute atomic E-state index is 12.0. The smallest absolute Gasteiger partial charge is 0.389 e. The van der Waals surface area contributed by atoms with Gasteiger partial charge in [0.15, 0.2) is 5.78 Å². The molecule has 0 spiro atoms. The highest BCUT2D eigenvalue weighted by molar-refractivity contribution is 5.96. The van der Waals surface area contributed by atoms with Crippen molar-refractivity contribution in [1.82, 2.24) is 0 Å². The van der Waals surface area contributed by atoms with Crippen molar-refractivity contribution < 1.29 is 27.4 Å². The van der Waals surface area contributed by atoms with Gasteiger partial charge in [-0.15, -0.1) is 0 Å². The first-order valence-electron chi connectivity index (χ1n) is 5.18. The Labute approximate surface area is 103 Å². The molecule has 0 saturated heterocycles. The molecule has 0 aliphatic rings. The molecule has 0 aliphatic carbocycles. The van der Waals surface area contributed by atoms with E-state index in [-0.39, 0.29) is 5.56 Å². The average molecular weight is 262 g/mol. The van der Waals surface area contributed by atoms with Crippen molar-refractivity contribution in [2.45, 2.75) is 19.0 Å². The lowest BCUT2D eigenvalue weighted by Gasteiger charge is -2.09. The topological polar surface area (TPSA) is 35.5 Å². The Balaban J connectivity index is 2.84. The molecule has 1 aromatic rings. The third-order valence-corrected chi connectivity index (χ3v) is 2.31. The van der Waals surface area contributed by atoms with Crippen LogP contribution in [0.2, 0.25) is 0 Å². The molecule has 0 fully saturated rings. The maximum atomic E-state index is 12.0. The zero-order valence-electron chi connectivity index (χ0n) is 10.0. The highest BCUT2D eigenvalue weighted by Crippen LogP contribution is 2.26. The Morgan fingerprint density at radius 1 is 1.11 bits per heavy atom. The summed E-state index contributed by atoms with van der Waals surface area (Å²) in [5.41, 5.74) is 0.149. The van der Waals surface area contributed by atoms with Crippen LogP contribution in [0.4, 0.5) is 13.2 Å². The van der Waals surface area contributed by atoms with Gasteiger partial charge in [-0.1, -0.05) is 0 Å². The Bertz CT molecular complexity index is 405. The van der Waals surface area contributed by atoms with Crippen LogP contribution in [0.25, 0.3) is 0 Å². The summed E-state index contributed by atoms with van der Waals surface area (Å²) in [6, 6.07) is 4.32. The highest BCUT2D eigenvalue weighted by Gasteiger charge is 2.28. The number of hydrogen-bond acceptors (Lipinski definition) is 3. The van der Waals surface area contributed by atoms with Gasteiger partial charge in [-0.2, -0.15) is 13.2 Å². The predicted molar refractivity (Wildman–Crippen MR) is 59.2 cm³/mol. The Hall–Kier alpha value is -1.72. The summed E-state index contributed by atoms with van der Waals surface area (Å²) in [5, 5.41) is 0. The number of carbonyl (C=O) groups is 1. The lowest BCUT2D eigenvalue weighted by molar-refractivity contribution is -0.133. The van der Waals surface area contributed by atoms with Crippen LogP contribution < -0.4 is 9.47 Å².